The van der Waals surface area contributed by atoms with E-state index in [-0.39, 0.29) is 17.8 Å². The lowest BCUT2D eigenvalue weighted by atomic mass is 9.79. The zero-order valence-corrected chi connectivity index (χ0v) is 12.3. The second-order valence-electron chi connectivity index (χ2n) is 5.36. The summed E-state index contributed by atoms with van der Waals surface area (Å²) in [7, 11) is 0. The van der Waals surface area contributed by atoms with Crippen LogP contribution in [0.25, 0.3) is 0 Å². The number of hydrogen-bond acceptors (Lipinski definition) is 3. The summed E-state index contributed by atoms with van der Waals surface area (Å²) >= 11 is 6.01. The SMILES string of the molecule is NNC(c1cc(Cl)ccc1F)C1CCCc2cccnc21. The summed E-state index contributed by atoms with van der Waals surface area (Å²) in [6.45, 7) is 0. The van der Waals surface area contributed by atoms with Gasteiger partial charge in [-0.1, -0.05) is 17.7 Å². The molecule has 0 aliphatic heterocycles. The average molecular weight is 306 g/mol. The zero-order chi connectivity index (χ0) is 14.8. The molecule has 0 saturated carbocycles. The van der Waals surface area contributed by atoms with Gasteiger partial charge in [0.25, 0.3) is 0 Å². The fourth-order valence-electron chi connectivity index (χ4n) is 3.15. The second kappa shape index (κ2) is 6.10. The molecule has 1 aromatic carbocycles. The first-order valence-electron chi connectivity index (χ1n) is 7.05. The van der Waals surface area contributed by atoms with E-state index in [1.54, 1.807) is 18.3 Å². The number of aryl methyl sites for hydroxylation is 1. The van der Waals surface area contributed by atoms with Crippen LogP contribution in [0.2, 0.25) is 5.02 Å². The summed E-state index contributed by atoms with van der Waals surface area (Å²) in [5.74, 6) is 5.47. The van der Waals surface area contributed by atoms with Gasteiger partial charge in [0, 0.05) is 28.4 Å². The van der Waals surface area contributed by atoms with Crippen molar-refractivity contribution in [1.82, 2.24) is 10.4 Å². The highest BCUT2D eigenvalue weighted by Crippen LogP contribution is 2.39. The van der Waals surface area contributed by atoms with E-state index in [0.29, 0.717) is 10.6 Å². The molecule has 2 aromatic rings. The minimum absolute atomic E-state index is 0.0490. The van der Waals surface area contributed by atoms with Crippen molar-refractivity contribution in [3.05, 3.63) is 64.2 Å². The zero-order valence-electron chi connectivity index (χ0n) is 11.5. The van der Waals surface area contributed by atoms with Gasteiger partial charge in [0.1, 0.15) is 5.82 Å². The van der Waals surface area contributed by atoms with Gasteiger partial charge < -0.3 is 0 Å². The summed E-state index contributed by atoms with van der Waals surface area (Å²) in [4.78, 5) is 4.50. The van der Waals surface area contributed by atoms with Crippen molar-refractivity contribution in [1.29, 1.82) is 0 Å². The molecule has 1 aromatic heterocycles. The summed E-state index contributed by atoms with van der Waals surface area (Å²) in [5.41, 5.74) is 5.48. The molecule has 2 unspecified atom stereocenters. The van der Waals surface area contributed by atoms with E-state index < -0.39 is 0 Å². The first-order chi connectivity index (χ1) is 10.2. The molecular formula is C16H17ClFN3. The standard InChI is InChI=1S/C16H17ClFN3/c17-11-6-7-14(18)13(9-11)16(21-19)12-5-1-3-10-4-2-8-20-15(10)12/h2,4,6-9,12,16,21H,1,3,5,19H2. The third-order valence-corrected chi connectivity index (χ3v) is 4.35. The van der Waals surface area contributed by atoms with E-state index in [4.69, 9.17) is 17.4 Å². The Morgan fingerprint density at radius 3 is 3.05 bits per heavy atom. The topological polar surface area (TPSA) is 50.9 Å². The molecule has 1 heterocycles. The van der Waals surface area contributed by atoms with E-state index in [1.165, 1.54) is 11.6 Å². The van der Waals surface area contributed by atoms with E-state index in [0.717, 1.165) is 25.0 Å². The molecule has 0 fully saturated rings. The van der Waals surface area contributed by atoms with E-state index in [1.807, 2.05) is 6.07 Å². The van der Waals surface area contributed by atoms with Crippen molar-refractivity contribution in [3.63, 3.8) is 0 Å². The number of benzene rings is 1. The molecule has 3 nitrogen and oxygen atoms in total. The number of fused-ring (bicyclic) bond motifs is 1. The van der Waals surface area contributed by atoms with Crippen LogP contribution in [-0.2, 0) is 6.42 Å². The molecule has 2 atom stereocenters. The van der Waals surface area contributed by atoms with Crippen LogP contribution in [-0.4, -0.2) is 4.98 Å². The van der Waals surface area contributed by atoms with Crippen LogP contribution >= 0.6 is 11.6 Å². The highest BCUT2D eigenvalue weighted by Gasteiger charge is 2.31. The highest BCUT2D eigenvalue weighted by atomic mass is 35.5. The van der Waals surface area contributed by atoms with Gasteiger partial charge in [0.15, 0.2) is 0 Å². The van der Waals surface area contributed by atoms with Gasteiger partial charge in [0.05, 0.1) is 6.04 Å². The molecule has 3 N–H and O–H groups in total. The van der Waals surface area contributed by atoms with Crippen molar-refractivity contribution >= 4 is 11.6 Å². The number of nitrogens with two attached hydrogens (primary N) is 1. The van der Waals surface area contributed by atoms with Gasteiger partial charge in [-0.3, -0.25) is 16.3 Å². The Hall–Kier alpha value is -1.49. The maximum atomic E-state index is 14.2. The fourth-order valence-corrected chi connectivity index (χ4v) is 3.33. The molecule has 0 amide bonds. The van der Waals surface area contributed by atoms with Crippen LogP contribution in [0, 0.1) is 5.82 Å². The van der Waals surface area contributed by atoms with Crippen LogP contribution < -0.4 is 11.3 Å². The average Bonchev–Trinajstić information content (AvgIpc) is 2.51. The van der Waals surface area contributed by atoms with Crippen LogP contribution in [0.4, 0.5) is 4.39 Å². The molecule has 1 aliphatic rings. The fraction of sp³-hybridized carbons (Fsp3) is 0.312. The minimum Gasteiger partial charge on any atom is -0.271 e. The largest absolute Gasteiger partial charge is 0.271 e. The van der Waals surface area contributed by atoms with E-state index >= 15 is 0 Å². The molecule has 0 saturated heterocycles. The number of rotatable bonds is 3. The molecule has 1 aliphatic carbocycles. The Kier molecular flexibility index (Phi) is 4.19. The van der Waals surface area contributed by atoms with Gasteiger partial charge in [-0.25, -0.2) is 4.39 Å². The number of hydrazine groups is 1. The number of hydrogen-bond donors (Lipinski definition) is 2. The Morgan fingerprint density at radius 2 is 2.24 bits per heavy atom. The summed E-state index contributed by atoms with van der Waals surface area (Å²) in [6, 6.07) is 8.24. The number of pyridine rings is 1. The minimum atomic E-state index is -0.336. The smallest absolute Gasteiger partial charge is 0.128 e. The van der Waals surface area contributed by atoms with Crippen molar-refractivity contribution in [2.75, 3.05) is 0 Å². The maximum absolute atomic E-state index is 14.2. The molecule has 110 valence electrons. The summed E-state index contributed by atoms with van der Waals surface area (Å²) in [6.07, 6.45) is 4.75. The first-order valence-corrected chi connectivity index (χ1v) is 7.43. The predicted octanol–water partition coefficient (Wildman–Crippen LogP) is 3.50. The van der Waals surface area contributed by atoms with Crippen molar-refractivity contribution in [2.45, 2.75) is 31.2 Å². The first kappa shape index (κ1) is 14.4. The van der Waals surface area contributed by atoms with Crippen molar-refractivity contribution < 1.29 is 4.39 Å². The number of aromatic nitrogens is 1. The lowest BCUT2D eigenvalue weighted by molar-refractivity contribution is 0.388. The van der Waals surface area contributed by atoms with Crippen molar-refractivity contribution in [2.24, 2.45) is 5.84 Å². The quantitative estimate of drug-likeness (QED) is 0.674. The van der Waals surface area contributed by atoms with Gasteiger partial charge in [-0.15, -0.1) is 0 Å². The molecule has 0 spiro atoms. The highest BCUT2D eigenvalue weighted by molar-refractivity contribution is 6.30. The Labute approximate surface area is 128 Å². The third-order valence-electron chi connectivity index (χ3n) is 4.11. The molecule has 21 heavy (non-hydrogen) atoms. The van der Waals surface area contributed by atoms with Crippen molar-refractivity contribution in [3.8, 4) is 0 Å². The van der Waals surface area contributed by atoms with Crippen LogP contribution in [0.3, 0.4) is 0 Å². The molecule has 3 rings (SSSR count). The van der Waals surface area contributed by atoms with Gasteiger partial charge in [-0.05, 0) is 49.1 Å². The molecule has 0 bridgehead atoms. The van der Waals surface area contributed by atoms with Gasteiger partial charge >= 0.3 is 0 Å². The maximum Gasteiger partial charge on any atom is 0.128 e. The molecule has 0 radical (unpaired) electrons. The number of nitrogens with zero attached hydrogens (tertiary/aromatic N) is 1. The van der Waals surface area contributed by atoms with Gasteiger partial charge in [0.2, 0.25) is 0 Å². The van der Waals surface area contributed by atoms with Crippen LogP contribution in [0.1, 0.15) is 41.6 Å². The number of nitrogens with one attached hydrogen (secondary N) is 1. The lowest BCUT2D eigenvalue weighted by Gasteiger charge is -2.31. The van der Waals surface area contributed by atoms with Gasteiger partial charge in [-0.2, -0.15) is 0 Å². The number of halogens is 2. The van der Waals surface area contributed by atoms with E-state index in [9.17, 15) is 4.39 Å². The summed E-state index contributed by atoms with van der Waals surface area (Å²) in [5, 5.41) is 0.503. The Balaban J connectivity index is 2.03. The molecule has 5 heteroatoms. The predicted molar refractivity (Wildman–Crippen MR) is 81.4 cm³/mol. The van der Waals surface area contributed by atoms with Crippen LogP contribution in [0.15, 0.2) is 36.5 Å². The van der Waals surface area contributed by atoms with Crippen LogP contribution in [0.5, 0.6) is 0 Å². The third kappa shape index (κ3) is 2.79. The normalized spacial score (nSPS) is 19.1. The monoisotopic (exact) mass is 305 g/mol. The molecular weight excluding hydrogens is 289 g/mol. The van der Waals surface area contributed by atoms with E-state index in [2.05, 4.69) is 16.5 Å². The second-order valence-corrected chi connectivity index (χ2v) is 5.79. The Morgan fingerprint density at radius 1 is 1.38 bits per heavy atom. The lowest BCUT2D eigenvalue weighted by Crippen LogP contribution is -2.35. The Bertz CT molecular complexity index is 647. The summed E-state index contributed by atoms with van der Waals surface area (Å²) < 4.78 is 14.2.